The lowest BCUT2D eigenvalue weighted by atomic mass is 9.84. The maximum atomic E-state index is 12.0. The van der Waals surface area contributed by atoms with Gasteiger partial charge in [-0.05, 0) is 26.2 Å². The van der Waals surface area contributed by atoms with Crippen molar-refractivity contribution in [3.8, 4) is 0 Å². The van der Waals surface area contributed by atoms with E-state index in [1.165, 1.54) is 0 Å². The Kier molecular flexibility index (Phi) is 3.91. The van der Waals surface area contributed by atoms with Crippen molar-refractivity contribution in [2.45, 2.75) is 51.6 Å². The maximum Gasteiger partial charge on any atom is 0.326 e. The second-order valence-corrected chi connectivity index (χ2v) is 4.69. The first-order valence-electron chi connectivity index (χ1n) is 5.71. The van der Waals surface area contributed by atoms with Crippen molar-refractivity contribution in [3.63, 3.8) is 0 Å². The molecule has 3 atom stereocenters. The van der Waals surface area contributed by atoms with E-state index in [1.807, 2.05) is 6.92 Å². The van der Waals surface area contributed by atoms with E-state index in [0.29, 0.717) is 6.42 Å². The van der Waals surface area contributed by atoms with Crippen molar-refractivity contribution >= 4 is 11.9 Å². The van der Waals surface area contributed by atoms with Gasteiger partial charge >= 0.3 is 5.97 Å². The van der Waals surface area contributed by atoms with E-state index in [4.69, 9.17) is 10.8 Å². The highest BCUT2D eigenvalue weighted by molar-refractivity contribution is 5.88. The van der Waals surface area contributed by atoms with Crippen LogP contribution in [0.1, 0.15) is 39.5 Å². The van der Waals surface area contributed by atoms with Gasteiger partial charge in [0, 0.05) is 6.04 Å². The number of rotatable bonds is 4. The van der Waals surface area contributed by atoms with Crippen molar-refractivity contribution in [3.05, 3.63) is 0 Å². The monoisotopic (exact) mass is 228 g/mol. The number of nitrogens with one attached hydrogen (secondary N) is 1. The maximum absolute atomic E-state index is 12.0. The minimum absolute atomic E-state index is 0.168. The van der Waals surface area contributed by atoms with Gasteiger partial charge in [-0.3, -0.25) is 4.79 Å². The second-order valence-electron chi connectivity index (χ2n) is 4.69. The van der Waals surface area contributed by atoms with E-state index < -0.39 is 17.4 Å². The number of amides is 1. The summed E-state index contributed by atoms with van der Waals surface area (Å²) in [5.74, 6) is -1.22. The Hall–Kier alpha value is -1.10. The zero-order chi connectivity index (χ0) is 12.3. The molecule has 1 aliphatic rings. The fourth-order valence-electron chi connectivity index (χ4n) is 2.14. The fourth-order valence-corrected chi connectivity index (χ4v) is 2.14. The molecule has 16 heavy (non-hydrogen) atoms. The molecule has 0 bridgehead atoms. The van der Waals surface area contributed by atoms with Crippen molar-refractivity contribution in [1.29, 1.82) is 0 Å². The molecule has 5 nitrogen and oxygen atoms in total. The molecule has 1 fully saturated rings. The predicted octanol–water partition coefficient (Wildman–Crippen LogP) is 0.483. The van der Waals surface area contributed by atoms with Gasteiger partial charge in [-0.1, -0.05) is 13.3 Å². The highest BCUT2D eigenvalue weighted by atomic mass is 16.4. The molecule has 0 spiro atoms. The number of carbonyl (C=O) groups excluding carboxylic acids is 1. The van der Waals surface area contributed by atoms with Gasteiger partial charge < -0.3 is 16.2 Å². The number of hydrogen-bond acceptors (Lipinski definition) is 3. The number of carbonyl (C=O) groups is 2. The van der Waals surface area contributed by atoms with Gasteiger partial charge in [0.2, 0.25) is 5.91 Å². The van der Waals surface area contributed by atoms with Crippen molar-refractivity contribution in [2.75, 3.05) is 0 Å². The third kappa shape index (κ3) is 2.35. The molecule has 0 heterocycles. The summed E-state index contributed by atoms with van der Waals surface area (Å²) < 4.78 is 0. The number of carboxylic acid groups (broad SMARTS) is 1. The van der Waals surface area contributed by atoms with Crippen LogP contribution >= 0.6 is 0 Å². The van der Waals surface area contributed by atoms with Crippen LogP contribution in [-0.2, 0) is 9.59 Å². The zero-order valence-corrected chi connectivity index (χ0v) is 9.82. The Morgan fingerprint density at radius 3 is 2.62 bits per heavy atom. The summed E-state index contributed by atoms with van der Waals surface area (Å²) in [4.78, 5) is 22.8. The Labute approximate surface area is 95.4 Å². The largest absolute Gasteiger partial charge is 0.480 e. The van der Waals surface area contributed by atoms with Gasteiger partial charge in [0.15, 0.2) is 0 Å². The van der Waals surface area contributed by atoms with Crippen LogP contribution in [0.25, 0.3) is 0 Å². The standard InChI is InChI=1S/C11H20N2O3/c1-3-7(9(14)15)13-10(16)11(2)6-4-5-8(11)12/h7-8H,3-6,12H2,1-2H3,(H,13,16)(H,14,15). The molecule has 1 rings (SSSR count). The van der Waals surface area contributed by atoms with Crippen LogP contribution in [-0.4, -0.2) is 29.1 Å². The Morgan fingerprint density at radius 1 is 1.62 bits per heavy atom. The average molecular weight is 228 g/mol. The number of carboxylic acids is 1. The molecule has 1 aliphatic carbocycles. The predicted molar refractivity (Wildman–Crippen MR) is 59.8 cm³/mol. The lowest BCUT2D eigenvalue weighted by Crippen LogP contribution is -2.52. The fraction of sp³-hybridized carbons (Fsp3) is 0.818. The van der Waals surface area contributed by atoms with Gasteiger partial charge in [-0.15, -0.1) is 0 Å². The lowest BCUT2D eigenvalue weighted by molar-refractivity contribution is -0.143. The Balaban J connectivity index is 2.67. The third-order valence-corrected chi connectivity index (χ3v) is 3.56. The molecule has 1 saturated carbocycles. The molecule has 0 radical (unpaired) electrons. The smallest absolute Gasteiger partial charge is 0.326 e. The normalized spacial score (nSPS) is 31.1. The molecule has 0 aromatic rings. The third-order valence-electron chi connectivity index (χ3n) is 3.56. The Bertz CT molecular complexity index is 293. The highest BCUT2D eigenvalue weighted by Crippen LogP contribution is 2.36. The summed E-state index contributed by atoms with van der Waals surface area (Å²) >= 11 is 0. The van der Waals surface area contributed by atoms with E-state index >= 15 is 0 Å². The number of aliphatic carboxylic acids is 1. The second kappa shape index (κ2) is 4.82. The van der Waals surface area contributed by atoms with Crippen LogP contribution in [0.15, 0.2) is 0 Å². The highest BCUT2D eigenvalue weighted by Gasteiger charge is 2.43. The van der Waals surface area contributed by atoms with Crippen LogP contribution in [0, 0.1) is 5.41 Å². The summed E-state index contributed by atoms with van der Waals surface area (Å²) in [7, 11) is 0. The van der Waals surface area contributed by atoms with Crippen molar-refractivity contribution in [1.82, 2.24) is 5.32 Å². The molecule has 1 amide bonds. The molecule has 4 N–H and O–H groups in total. The average Bonchev–Trinajstić information content (AvgIpc) is 2.56. The van der Waals surface area contributed by atoms with E-state index in [2.05, 4.69) is 5.32 Å². The lowest BCUT2D eigenvalue weighted by Gasteiger charge is -2.29. The molecule has 3 unspecified atom stereocenters. The van der Waals surface area contributed by atoms with E-state index in [9.17, 15) is 9.59 Å². The zero-order valence-electron chi connectivity index (χ0n) is 9.82. The van der Waals surface area contributed by atoms with E-state index in [1.54, 1.807) is 6.92 Å². The molecular weight excluding hydrogens is 208 g/mol. The first kappa shape index (κ1) is 13.0. The van der Waals surface area contributed by atoms with Crippen molar-refractivity contribution in [2.24, 2.45) is 11.1 Å². The minimum atomic E-state index is -0.994. The molecular formula is C11H20N2O3. The summed E-state index contributed by atoms with van der Waals surface area (Å²) in [6.45, 7) is 3.55. The van der Waals surface area contributed by atoms with Gasteiger partial charge in [0.1, 0.15) is 6.04 Å². The van der Waals surface area contributed by atoms with Gasteiger partial charge in [0.25, 0.3) is 0 Å². The van der Waals surface area contributed by atoms with Crippen LogP contribution in [0.5, 0.6) is 0 Å². The molecule has 0 aromatic carbocycles. The molecule has 0 aliphatic heterocycles. The Morgan fingerprint density at radius 2 is 2.25 bits per heavy atom. The van der Waals surface area contributed by atoms with E-state index in [-0.39, 0.29) is 11.9 Å². The summed E-state index contributed by atoms with van der Waals surface area (Å²) in [5, 5.41) is 11.4. The van der Waals surface area contributed by atoms with Crippen LogP contribution in [0.3, 0.4) is 0 Å². The van der Waals surface area contributed by atoms with E-state index in [0.717, 1.165) is 19.3 Å². The molecule has 0 saturated heterocycles. The minimum Gasteiger partial charge on any atom is -0.480 e. The quantitative estimate of drug-likeness (QED) is 0.652. The van der Waals surface area contributed by atoms with Crippen LogP contribution in [0.4, 0.5) is 0 Å². The first-order valence-corrected chi connectivity index (χ1v) is 5.71. The molecule has 5 heteroatoms. The van der Waals surface area contributed by atoms with Crippen molar-refractivity contribution < 1.29 is 14.7 Å². The SMILES string of the molecule is CCC(NC(=O)C1(C)CCCC1N)C(=O)O. The van der Waals surface area contributed by atoms with Gasteiger partial charge in [-0.25, -0.2) is 4.79 Å². The van der Waals surface area contributed by atoms with Crippen LogP contribution in [0.2, 0.25) is 0 Å². The topological polar surface area (TPSA) is 92.4 Å². The summed E-state index contributed by atoms with van der Waals surface area (Å²) in [5.41, 5.74) is 5.29. The van der Waals surface area contributed by atoms with Gasteiger partial charge in [0.05, 0.1) is 5.41 Å². The molecule has 0 aromatic heterocycles. The molecule has 92 valence electrons. The van der Waals surface area contributed by atoms with Gasteiger partial charge in [-0.2, -0.15) is 0 Å². The first-order chi connectivity index (χ1) is 7.41. The summed E-state index contributed by atoms with van der Waals surface area (Å²) in [6, 6.07) is -0.976. The number of nitrogens with two attached hydrogens (primary N) is 1. The number of hydrogen-bond donors (Lipinski definition) is 3. The van der Waals surface area contributed by atoms with Crippen LogP contribution < -0.4 is 11.1 Å². The summed E-state index contributed by atoms with van der Waals surface area (Å²) in [6.07, 6.45) is 2.87.